The van der Waals surface area contributed by atoms with Gasteiger partial charge in [0.1, 0.15) is 17.4 Å². The molecule has 0 amide bonds. The second-order valence-electron chi connectivity index (χ2n) is 13.7. The number of benzene rings is 2. The van der Waals surface area contributed by atoms with Crippen molar-refractivity contribution in [2.45, 2.75) is 77.8 Å². The summed E-state index contributed by atoms with van der Waals surface area (Å²) in [5.74, 6) is 2.94. The van der Waals surface area contributed by atoms with Crippen LogP contribution in [0, 0.1) is 25.1 Å². The normalized spacial score (nSPS) is 17.4. The molecule has 0 aliphatic carbocycles. The van der Waals surface area contributed by atoms with Crippen molar-refractivity contribution in [1.29, 1.82) is 0 Å². The Morgan fingerprint density at radius 3 is 2.61 bits per heavy atom. The highest BCUT2D eigenvalue weighted by molar-refractivity contribution is 5.85. The van der Waals surface area contributed by atoms with Gasteiger partial charge in [-0.3, -0.25) is 0 Å². The first-order valence-corrected chi connectivity index (χ1v) is 16.7. The van der Waals surface area contributed by atoms with E-state index < -0.39 is 29.6 Å². The van der Waals surface area contributed by atoms with Gasteiger partial charge in [0.2, 0.25) is 0 Å². The first-order valence-electron chi connectivity index (χ1n) is 16.7. The molecule has 2 aromatic heterocycles. The van der Waals surface area contributed by atoms with Gasteiger partial charge in [-0.15, -0.1) is 13.0 Å². The largest absolute Gasteiger partial charge is 0.472 e. The number of hydrogen-bond acceptors (Lipinski definition) is 8. The van der Waals surface area contributed by atoms with E-state index in [4.69, 9.17) is 35.5 Å². The van der Waals surface area contributed by atoms with E-state index in [0.717, 1.165) is 35.1 Å². The fourth-order valence-corrected chi connectivity index (χ4v) is 6.68. The lowest BCUT2D eigenvalue weighted by Gasteiger charge is -2.41. The predicted octanol–water partition coefficient (Wildman–Crippen LogP) is 7.56. The summed E-state index contributed by atoms with van der Waals surface area (Å²) in [5, 5.41) is 5.15. The SMILES string of the molecule is C#C[C@H]1Oc2cc(F)ccc2-c2cccc(-c3cc4nc(C)c([C@H](OC(C)(C)C)C(=O)OCC)c(N5CCC(C)(OCC=C)CC5)n4n3)c21. The summed E-state index contributed by atoms with van der Waals surface area (Å²) >= 11 is 0. The molecular formula is C39H43FN4O5. The number of piperidine rings is 1. The van der Waals surface area contributed by atoms with Crippen LogP contribution in [0.4, 0.5) is 10.2 Å². The molecular weight excluding hydrogens is 623 g/mol. The van der Waals surface area contributed by atoms with Crippen LogP contribution in [0.3, 0.4) is 0 Å². The Balaban J connectivity index is 1.55. The minimum absolute atomic E-state index is 0.203. The Morgan fingerprint density at radius 1 is 1.20 bits per heavy atom. The molecule has 10 heteroatoms. The fraction of sp³-hybridized carbons (Fsp3) is 0.410. The number of halogens is 1. The lowest BCUT2D eigenvalue weighted by Crippen LogP contribution is -2.45. The van der Waals surface area contributed by atoms with Crippen LogP contribution < -0.4 is 9.64 Å². The molecule has 0 unspecified atom stereocenters. The number of nitrogens with zero attached hydrogens (tertiary/aromatic N) is 4. The number of ether oxygens (including phenoxy) is 4. The molecule has 2 aliphatic rings. The number of aromatic nitrogens is 3. The topological polar surface area (TPSA) is 87.4 Å². The van der Waals surface area contributed by atoms with Crippen molar-refractivity contribution < 1.29 is 28.1 Å². The minimum atomic E-state index is -1.05. The van der Waals surface area contributed by atoms with Crippen molar-refractivity contribution >= 4 is 17.4 Å². The number of esters is 1. The molecule has 4 heterocycles. The van der Waals surface area contributed by atoms with Gasteiger partial charge in [-0.25, -0.2) is 14.2 Å². The highest BCUT2D eigenvalue weighted by Gasteiger charge is 2.39. The van der Waals surface area contributed by atoms with Crippen LogP contribution in [0.5, 0.6) is 5.75 Å². The van der Waals surface area contributed by atoms with E-state index in [1.165, 1.54) is 12.1 Å². The summed E-state index contributed by atoms with van der Waals surface area (Å²) in [4.78, 5) is 20.8. The molecule has 0 bridgehead atoms. The Kier molecular flexibility index (Phi) is 9.27. The number of rotatable bonds is 9. The highest BCUT2D eigenvalue weighted by atomic mass is 19.1. The number of aryl methyl sites for hydroxylation is 1. The van der Waals surface area contributed by atoms with Crippen molar-refractivity contribution in [3.63, 3.8) is 0 Å². The monoisotopic (exact) mass is 666 g/mol. The summed E-state index contributed by atoms with van der Waals surface area (Å²) in [5.41, 5.74) is 4.57. The number of hydrogen-bond donors (Lipinski definition) is 0. The van der Waals surface area contributed by atoms with E-state index in [9.17, 15) is 9.18 Å². The van der Waals surface area contributed by atoms with Gasteiger partial charge in [0, 0.05) is 47.6 Å². The van der Waals surface area contributed by atoms with E-state index >= 15 is 0 Å². The van der Waals surface area contributed by atoms with E-state index in [1.54, 1.807) is 23.6 Å². The highest BCUT2D eigenvalue weighted by Crippen LogP contribution is 2.46. The molecule has 6 rings (SSSR count). The lowest BCUT2D eigenvalue weighted by atomic mass is 9.88. The average molecular weight is 667 g/mol. The summed E-state index contributed by atoms with van der Waals surface area (Å²) in [6.07, 6.45) is 7.44. The summed E-state index contributed by atoms with van der Waals surface area (Å²) < 4.78 is 40.3. The molecule has 2 aromatic carbocycles. The maximum absolute atomic E-state index is 14.2. The predicted molar refractivity (Wildman–Crippen MR) is 187 cm³/mol. The van der Waals surface area contributed by atoms with Gasteiger partial charge in [0.25, 0.3) is 0 Å². The molecule has 9 nitrogen and oxygen atoms in total. The second-order valence-corrected chi connectivity index (χ2v) is 13.7. The zero-order chi connectivity index (χ0) is 35.1. The van der Waals surface area contributed by atoms with Crippen LogP contribution in [0.1, 0.15) is 76.5 Å². The van der Waals surface area contributed by atoms with Crippen LogP contribution in [-0.2, 0) is 19.0 Å². The van der Waals surface area contributed by atoms with Crippen LogP contribution >= 0.6 is 0 Å². The van der Waals surface area contributed by atoms with Crippen LogP contribution in [0.15, 0.2) is 55.1 Å². The third-order valence-corrected chi connectivity index (χ3v) is 8.98. The standard InChI is InChI=1S/C39H43FN4O5/c1-9-21-47-39(8)17-19-43(20-18-39)36-33(35(37(45)46-11-3)49-38(5,6)7)24(4)41-32-23-29(42-44(32)36)28-14-12-13-27-26-16-15-25(40)22-31(26)48-30(10-2)34(27)28/h2,9,12-16,22-23,30,35H,1,11,17-21H2,3-8H3/t30-,35+/m1/s1. The molecule has 4 aromatic rings. The fourth-order valence-electron chi connectivity index (χ4n) is 6.68. The zero-order valence-corrected chi connectivity index (χ0v) is 29.0. The minimum Gasteiger partial charge on any atom is -0.472 e. The summed E-state index contributed by atoms with van der Waals surface area (Å²) in [7, 11) is 0. The van der Waals surface area contributed by atoms with E-state index in [0.29, 0.717) is 53.9 Å². The number of carbonyl (C=O) groups is 1. The Hall–Kier alpha value is -4.72. The first kappa shape index (κ1) is 34.2. The molecule has 1 saturated heterocycles. The number of terminal acetylenes is 1. The molecule has 1 fully saturated rings. The first-order chi connectivity index (χ1) is 23.4. The van der Waals surface area contributed by atoms with Gasteiger partial charge < -0.3 is 23.8 Å². The maximum atomic E-state index is 14.2. The third kappa shape index (κ3) is 6.65. The summed E-state index contributed by atoms with van der Waals surface area (Å²) in [6, 6.07) is 12.2. The van der Waals surface area contributed by atoms with Gasteiger partial charge in [-0.2, -0.15) is 9.61 Å². The average Bonchev–Trinajstić information content (AvgIpc) is 3.48. The molecule has 0 radical (unpaired) electrons. The second kappa shape index (κ2) is 13.3. The van der Waals surface area contributed by atoms with Gasteiger partial charge in [-0.1, -0.05) is 30.2 Å². The molecule has 49 heavy (non-hydrogen) atoms. The van der Waals surface area contributed by atoms with Crippen LogP contribution in [0.2, 0.25) is 0 Å². The smallest absolute Gasteiger partial charge is 0.340 e. The van der Waals surface area contributed by atoms with Crippen molar-refractivity contribution in [3.05, 3.63) is 77.8 Å². The Bertz CT molecular complexity index is 1950. The molecule has 0 spiro atoms. The Labute approximate surface area is 287 Å². The number of fused-ring (bicyclic) bond motifs is 4. The summed E-state index contributed by atoms with van der Waals surface area (Å²) in [6.45, 7) is 17.3. The van der Waals surface area contributed by atoms with E-state index in [-0.39, 0.29) is 12.2 Å². The Morgan fingerprint density at radius 2 is 1.94 bits per heavy atom. The van der Waals surface area contributed by atoms with Crippen LogP contribution in [-0.4, -0.2) is 58.1 Å². The molecule has 0 saturated carbocycles. The maximum Gasteiger partial charge on any atom is 0.340 e. The molecule has 256 valence electrons. The van der Waals surface area contributed by atoms with E-state index in [2.05, 4.69) is 24.3 Å². The van der Waals surface area contributed by atoms with Gasteiger partial charge >= 0.3 is 5.97 Å². The van der Waals surface area contributed by atoms with Crippen molar-refractivity contribution in [1.82, 2.24) is 14.6 Å². The van der Waals surface area contributed by atoms with Crippen LogP contribution in [0.25, 0.3) is 28.0 Å². The van der Waals surface area contributed by atoms with Crippen molar-refractivity contribution in [2.75, 3.05) is 31.2 Å². The number of anilines is 1. The van der Waals surface area contributed by atoms with Crippen molar-refractivity contribution in [2.24, 2.45) is 0 Å². The van der Waals surface area contributed by atoms with Crippen molar-refractivity contribution in [3.8, 4) is 40.5 Å². The molecule has 2 atom stereocenters. The van der Waals surface area contributed by atoms with E-state index in [1.807, 2.05) is 52.0 Å². The van der Waals surface area contributed by atoms with Gasteiger partial charge in [-0.05, 0) is 72.1 Å². The number of carbonyl (C=O) groups excluding carboxylic acids is 1. The lowest BCUT2D eigenvalue weighted by molar-refractivity contribution is -0.166. The van der Waals surface area contributed by atoms with Gasteiger partial charge in [0.05, 0.1) is 35.7 Å². The third-order valence-electron chi connectivity index (χ3n) is 8.98. The zero-order valence-electron chi connectivity index (χ0n) is 29.0. The van der Waals surface area contributed by atoms with Gasteiger partial charge in [0.15, 0.2) is 17.9 Å². The molecule has 2 aliphatic heterocycles. The quantitative estimate of drug-likeness (QED) is 0.103. The molecule has 0 N–H and O–H groups in total.